The van der Waals surface area contributed by atoms with Gasteiger partial charge in [0.2, 0.25) is 0 Å². The van der Waals surface area contributed by atoms with E-state index in [1.54, 1.807) is 0 Å². The van der Waals surface area contributed by atoms with E-state index in [9.17, 15) is 0 Å². The molecular weight excluding hydrogens is 392 g/mol. The molecule has 0 aliphatic heterocycles. The maximum Gasteiger partial charge on any atom is 0.124 e. The minimum Gasteiger partial charge on any atom is -0.384 e. The molecule has 3 aromatic rings. The van der Waals surface area contributed by atoms with Crippen LogP contribution in [0.5, 0.6) is 0 Å². The average molecular weight is 435 g/mol. The lowest BCUT2D eigenvalue weighted by molar-refractivity contribution is 0.385. The van der Waals surface area contributed by atoms with Crippen molar-refractivity contribution < 1.29 is 0 Å². The van der Waals surface area contributed by atoms with Crippen molar-refractivity contribution in [2.45, 2.75) is 80.1 Å². The smallest absolute Gasteiger partial charge is 0.124 e. The zero-order chi connectivity index (χ0) is 23.7. The van der Waals surface area contributed by atoms with Gasteiger partial charge in [-0.15, -0.1) is 0 Å². The number of H-pyrrole nitrogens is 1. The molecule has 4 heteroatoms. The molecule has 174 valence electrons. The number of nitrogens with zero attached hydrogens (tertiary/aromatic N) is 1. The van der Waals surface area contributed by atoms with E-state index in [0.29, 0.717) is 5.82 Å². The van der Waals surface area contributed by atoms with Crippen molar-refractivity contribution in [1.82, 2.24) is 9.97 Å². The third-order valence-corrected chi connectivity index (χ3v) is 5.84. The lowest BCUT2D eigenvalue weighted by atomic mass is 9.91. The minimum atomic E-state index is 0.512. The Labute approximate surface area is 194 Å². The summed E-state index contributed by atoms with van der Waals surface area (Å²) in [4.78, 5) is 7.83. The number of nitrogen functional groups attached to an aromatic ring is 1. The number of aromatic nitrogens is 2. The number of hydrogen-bond donors (Lipinski definition) is 3. The second kappa shape index (κ2) is 12.3. The first-order valence-electron chi connectivity index (χ1n) is 12.2. The van der Waals surface area contributed by atoms with Gasteiger partial charge in [0.1, 0.15) is 5.82 Å². The number of aromatic amines is 1. The molecule has 1 aliphatic carbocycles. The molecule has 0 atom stereocenters. The maximum absolute atomic E-state index is 5.96. The quantitative estimate of drug-likeness (QED) is 0.387. The van der Waals surface area contributed by atoms with Crippen molar-refractivity contribution in [3.63, 3.8) is 0 Å². The second-order valence-corrected chi connectivity index (χ2v) is 8.66. The van der Waals surface area contributed by atoms with E-state index >= 15 is 0 Å². The molecule has 0 saturated heterocycles. The Morgan fingerprint density at radius 2 is 1.84 bits per heavy atom. The van der Waals surface area contributed by atoms with Crippen LogP contribution >= 0.6 is 0 Å². The number of anilines is 2. The molecule has 1 aliphatic rings. The third-order valence-electron chi connectivity index (χ3n) is 5.84. The fourth-order valence-electron chi connectivity index (χ4n) is 4.13. The van der Waals surface area contributed by atoms with Crippen LogP contribution in [0.25, 0.3) is 22.2 Å². The first-order chi connectivity index (χ1) is 15.4. The zero-order valence-electron chi connectivity index (χ0n) is 20.9. The highest BCUT2D eigenvalue weighted by molar-refractivity contribution is 5.90. The van der Waals surface area contributed by atoms with Crippen molar-refractivity contribution in [3.05, 3.63) is 53.9 Å². The zero-order valence-corrected chi connectivity index (χ0v) is 20.9. The van der Waals surface area contributed by atoms with E-state index in [1.807, 2.05) is 33.8 Å². The van der Waals surface area contributed by atoms with Crippen molar-refractivity contribution >= 4 is 22.4 Å². The van der Waals surface area contributed by atoms with Gasteiger partial charge in [-0.05, 0) is 56.0 Å². The molecule has 2 heterocycles. The summed E-state index contributed by atoms with van der Waals surface area (Å²) in [7, 11) is 0. The highest BCUT2D eigenvalue weighted by atomic mass is 14.9. The van der Waals surface area contributed by atoms with Gasteiger partial charge in [0.05, 0.1) is 11.4 Å². The topological polar surface area (TPSA) is 66.7 Å². The van der Waals surface area contributed by atoms with Crippen molar-refractivity contribution in [2.75, 3.05) is 11.1 Å². The van der Waals surface area contributed by atoms with Crippen LogP contribution in [-0.4, -0.2) is 9.97 Å². The van der Waals surface area contributed by atoms with Gasteiger partial charge in [0.15, 0.2) is 0 Å². The van der Waals surface area contributed by atoms with Gasteiger partial charge < -0.3 is 16.0 Å². The molecule has 0 amide bonds. The molecule has 1 fully saturated rings. The largest absolute Gasteiger partial charge is 0.384 e. The van der Waals surface area contributed by atoms with Gasteiger partial charge in [0, 0.05) is 27.9 Å². The van der Waals surface area contributed by atoms with Crippen LogP contribution in [0.4, 0.5) is 11.5 Å². The van der Waals surface area contributed by atoms with Crippen LogP contribution in [0.15, 0.2) is 42.6 Å². The van der Waals surface area contributed by atoms with Crippen LogP contribution in [0.1, 0.15) is 78.0 Å². The van der Waals surface area contributed by atoms with Crippen molar-refractivity contribution in [2.24, 2.45) is 5.92 Å². The molecule has 1 aromatic carbocycles. The van der Waals surface area contributed by atoms with Gasteiger partial charge in [-0.1, -0.05) is 72.4 Å². The fraction of sp³-hybridized carbons (Fsp3) is 0.464. The SMILES string of the molecule is C=C(C)Nc1c(-c2cc3cc(CC)ccc3[nH]2)cc(N)nc1C.CC.CC1CCCCC1. The summed E-state index contributed by atoms with van der Waals surface area (Å²) in [5, 5.41) is 4.50. The average Bonchev–Trinajstić information content (AvgIpc) is 3.20. The van der Waals surface area contributed by atoms with Crippen molar-refractivity contribution in [1.29, 1.82) is 0 Å². The van der Waals surface area contributed by atoms with Crippen LogP contribution in [0.2, 0.25) is 0 Å². The van der Waals surface area contributed by atoms with Crippen LogP contribution in [-0.2, 0) is 6.42 Å². The number of fused-ring (bicyclic) bond motifs is 1. The number of hydrogen-bond acceptors (Lipinski definition) is 3. The van der Waals surface area contributed by atoms with Gasteiger partial charge in [-0.2, -0.15) is 0 Å². The second-order valence-electron chi connectivity index (χ2n) is 8.66. The molecule has 0 radical (unpaired) electrons. The number of benzene rings is 1. The molecule has 4 nitrogen and oxygen atoms in total. The maximum atomic E-state index is 5.96. The Morgan fingerprint density at radius 1 is 1.16 bits per heavy atom. The van der Waals surface area contributed by atoms with E-state index in [2.05, 4.69) is 60.0 Å². The highest BCUT2D eigenvalue weighted by Gasteiger charge is 2.13. The van der Waals surface area contributed by atoms with Gasteiger partial charge >= 0.3 is 0 Å². The Bertz CT molecular complexity index is 1010. The van der Waals surface area contributed by atoms with Gasteiger partial charge in [-0.3, -0.25) is 0 Å². The summed E-state index contributed by atoms with van der Waals surface area (Å²) in [6.45, 7) is 16.3. The Balaban J connectivity index is 0.000000340. The normalized spacial score (nSPS) is 13.6. The molecule has 0 spiro atoms. The third kappa shape index (κ3) is 6.88. The molecule has 1 saturated carbocycles. The Morgan fingerprint density at radius 3 is 2.41 bits per heavy atom. The summed E-state index contributed by atoms with van der Waals surface area (Å²) in [6, 6.07) is 10.6. The molecule has 4 N–H and O–H groups in total. The van der Waals surface area contributed by atoms with E-state index in [0.717, 1.165) is 46.2 Å². The van der Waals surface area contributed by atoms with Crippen LogP contribution in [0.3, 0.4) is 0 Å². The summed E-state index contributed by atoms with van der Waals surface area (Å²) in [5.41, 5.74) is 13.1. The van der Waals surface area contributed by atoms with Gasteiger partial charge in [-0.25, -0.2) is 4.98 Å². The van der Waals surface area contributed by atoms with Gasteiger partial charge in [0.25, 0.3) is 0 Å². The molecule has 4 rings (SSSR count). The van der Waals surface area contributed by atoms with E-state index in [4.69, 9.17) is 5.73 Å². The van der Waals surface area contributed by atoms with Crippen molar-refractivity contribution in [3.8, 4) is 11.3 Å². The molecular formula is C28H42N4. The Kier molecular flexibility index (Phi) is 9.83. The number of pyridine rings is 1. The highest BCUT2D eigenvalue weighted by Crippen LogP contribution is 2.34. The van der Waals surface area contributed by atoms with E-state index in [-0.39, 0.29) is 0 Å². The first-order valence-corrected chi connectivity index (χ1v) is 12.2. The summed E-state index contributed by atoms with van der Waals surface area (Å²) >= 11 is 0. The number of nitrogens with one attached hydrogen (secondary N) is 2. The minimum absolute atomic E-state index is 0.512. The summed E-state index contributed by atoms with van der Waals surface area (Å²) in [5.74, 6) is 1.55. The van der Waals surface area contributed by atoms with E-state index < -0.39 is 0 Å². The number of aryl methyl sites for hydroxylation is 2. The predicted octanol–water partition coefficient (Wildman–Crippen LogP) is 8.24. The molecule has 0 bridgehead atoms. The lowest BCUT2D eigenvalue weighted by Crippen LogP contribution is -2.03. The monoisotopic (exact) mass is 434 g/mol. The molecule has 32 heavy (non-hydrogen) atoms. The number of nitrogens with two attached hydrogens (primary N) is 1. The summed E-state index contributed by atoms with van der Waals surface area (Å²) < 4.78 is 0. The standard InChI is InChI=1S/C19H22N4.C7H14.C2H6/c1-5-13-6-7-16-14(8-13)9-17(23-16)15-10-18(20)22-12(4)19(15)21-11(2)3;1-7-5-3-2-4-6-7;1-2/h6-10,21,23H,2,5H2,1,3-4H3,(H2,20,22);7H,2-6H2,1H3;1-2H3. The summed E-state index contributed by atoms with van der Waals surface area (Å²) in [6.07, 6.45) is 8.47. The fourth-order valence-corrected chi connectivity index (χ4v) is 4.13. The molecule has 0 unspecified atom stereocenters. The predicted molar refractivity (Wildman–Crippen MR) is 142 cm³/mol. The van der Waals surface area contributed by atoms with E-state index in [1.165, 1.54) is 43.1 Å². The van der Waals surface area contributed by atoms with Crippen LogP contribution in [0, 0.1) is 12.8 Å². The first kappa shape index (κ1) is 25.5. The lowest BCUT2D eigenvalue weighted by Gasteiger charge is -2.15. The Hall–Kier alpha value is -2.75. The number of allylic oxidation sites excluding steroid dienone is 1. The van der Waals surface area contributed by atoms with Crippen LogP contribution < -0.4 is 11.1 Å². The number of rotatable bonds is 4. The molecule has 2 aromatic heterocycles.